The molecule has 4 heterocycles. The third kappa shape index (κ3) is 2.97. The number of thiocarbonyl (C=S) groups is 1. The molecule has 1 fully saturated rings. The lowest BCUT2D eigenvalue weighted by Crippen LogP contribution is -2.17. The monoisotopic (exact) mass is 383 g/mol. The van der Waals surface area contributed by atoms with Crippen molar-refractivity contribution in [3.63, 3.8) is 0 Å². The molecule has 0 bridgehead atoms. The Morgan fingerprint density at radius 3 is 2.85 bits per heavy atom. The van der Waals surface area contributed by atoms with Crippen LogP contribution in [0, 0.1) is 6.92 Å². The fraction of sp³-hybridized carbons (Fsp3) is 0.111. The third-order valence-electron chi connectivity index (χ3n) is 3.89. The molecule has 3 aromatic rings. The zero-order chi connectivity index (χ0) is 18.3. The van der Waals surface area contributed by atoms with Crippen LogP contribution in [0.4, 0.5) is 0 Å². The quantitative estimate of drug-likeness (QED) is 0.546. The Morgan fingerprint density at radius 1 is 1.31 bits per heavy atom. The molecule has 1 saturated heterocycles. The standard InChI is InChI=1S/C18H13N3O3S2/c1-9-3-10(7-20-17(9)23-2)13-8-19-6-11-4-12(24-15(11)13)5-14-16(22)21-18(25)26-14/h3-8H,1-2H3,(H,21,22,25)/b14-5-. The Bertz CT molecular complexity index is 1090. The van der Waals surface area contributed by atoms with Crippen molar-refractivity contribution in [2.45, 2.75) is 6.92 Å². The van der Waals surface area contributed by atoms with Gasteiger partial charge in [0.25, 0.3) is 5.91 Å². The Morgan fingerprint density at radius 2 is 2.15 bits per heavy atom. The number of nitrogens with one attached hydrogen (secondary N) is 1. The van der Waals surface area contributed by atoms with Gasteiger partial charge in [-0.05, 0) is 19.1 Å². The molecule has 1 aliphatic rings. The van der Waals surface area contributed by atoms with Crippen LogP contribution in [0.5, 0.6) is 5.88 Å². The maximum Gasteiger partial charge on any atom is 0.263 e. The van der Waals surface area contributed by atoms with Crippen LogP contribution in [0.25, 0.3) is 28.2 Å². The summed E-state index contributed by atoms with van der Waals surface area (Å²) < 4.78 is 11.6. The van der Waals surface area contributed by atoms with E-state index in [9.17, 15) is 4.79 Å². The second-order valence-corrected chi connectivity index (χ2v) is 7.38. The molecule has 6 nitrogen and oxygen atoms in total. The van der Waals surface area contributed by atoms with Gasteiger partial charge in [-0.3, -0.25) is 9.78 Å². The number of hydrogen-bond acceptors (Lipinski definition) is 7. The molecule has 0 saturated carbocycles. The van der Waals surface area contributed by atoms with Crippen LogP contribution in [0.15, 0.2) is 40.0 Å². The van der Waals surface area contributed by atoms with E-state index in [1.165, 1.54) is 11.8 Å². The van der Waals surface area contributed by atoms with Gasteiger partial charge in [0, 0.05) is 46.7 Å². The topological polar surface area (TPSA) is 77.3 Å². The second-order valence-electron chi connectivity index (χ2n) is 5.66. The lowest BCUT2D eigenvalue weighted by atomic mass is 10.1. The van der Waals surface area contributed by atoms with Gasteiger partial charge in [-0.15, -0.1) is 0 Å². The number of carbonyl (C=O) groups is 1. The first kappa shape index (κ1) is 16.7. The van der Waals surface area contributed by atoms with Crippen molar-refractivity contribution in [2.24, 2.45) is 0 Å². The summed E-state index contributed by atoms with van der Waals surface area (Å²) in [6, 6.07) is 3.82. The normalized spacial score (nSPS) is 15.7. The molecule has 3 aromatic heterocycles. The first-order valence-corrected chi connectivity index (χ1v) is 8.91. The van der Waals surface area contributed by atoms with Gasteiger partial charge in [0.15, 0.2) is 0 Å². The van der Waals surface area contributed by atoms with Gasteiger partial charge in [-0.1, -0.05) is 24.0 Å². The van der Waals surface area contributed by atoms with Gasteiger partial charge in [0.2, 0.25) is 5.88 Å². The molecular formula is C18H13N3O3S2. The number of hydrogen-bond donors (Lipinski definition) is 1. The number of fused-ring (bicyclic) bond motifs is 1. The van der Waals surface area contributed by atoms with E-state index < -0.39 is 0 Å². The van der Waals surface area contributed by atoms with Crippen molar-refractivity contribution in [1.82, 2.24) is 15.3 Å². The number of ether oxygens (including phenoxy) is 1. The van der Waals surface area contributed by atoms with Crippen LogP contribution < -0.4 is 10.1 Å². The van der Waals surface area contributed by atoms with Gasteiger partial charge in [-0.2, -0.15) is 0 Å². The number of pyridine rings is 2. The van der Waals surface area contributed by atoms with Gasteiger partial charge in [-0.25, -0.2) is 4.98 Å². The Kier molecular flexibility index (Phi) is 4.21. The molecule has 1 N–H and O–H groups in total. The SMILES string of the molecule is COc1ncc(-c2cncc3cc(/C=C4\SC(=S)NC4=O)oc23)cc1C. The van der Waals surface area contributed by atoms with Gasteiger partial charge in [0.05, 0.1) is 12.0 Å². The van der Waals surface area contributed by atoms with Crippen molar-refractivity contribution < 1.29 is 13.9 Å². The minimum atomic E-state index is -0.214. The van der Waals surface area contributed by atoms with Crippen LogP contribution in [-0.2, 0) is 4.79 Å². The molecule has 0 aliphatic carbocycles. The van der Waals surface area contributed by atoms with Crippen LogP contribution in [0.2, 0.25) is 0 Å². The van der Waals surface area contributed by atoms with Gasteiger partial charge < -0.3 is 14.5 Å². The molecule has 0 spiro atoms. The molecule has 1 aliphatic heterocycles. The minimum absolute atomic E-state index is 0.214. The molecule has 0 radical (unpaired) electrons. The lowest BCUT2D eigenvalue weighted by Gasteiger charge is -2.06. The van der Waals surface area contributed by atoms with Crippen molar-refractivity contribution in [3.8, 4) is 17.0 Å². The van der Waals surface area contributed by atoms with Gasteiger partial charge >= 0.3 is 0 Å². The summed E-state index contributed by atoms with van der Waals surface area (Å²) >= 11 is 6.22. The summed E-state index contributed by atoms with van der Waals surface area (Å²) in [7, 11) is 1.59. The molecule has 0 aromatic carbocycles. The van der Waals surface area contributed by atoms with E-state index >= 15 is 0 Å². The van der Waals surface area contributed by atoms with E-state index in [2.05, 4.69) is 15.3 Å². The Labute approximate surface area is 158 Å². The van der Waals surface area contributed by atoms with Crippen LogP contribution in [-0.4, -0.2) is 27.3 Å². The summed E-state index contributed by atoms with van der Waals surface area (Å²) in [6.07, 6.45) is 6.86. The van der Waals surface area contributed by atoms with E-state index in [-0.39, 0.29) is 5.91 Å². The second kappa shape index (κ2) is 6.54. The highest BCUT2D eigenvalue weighted by Gasteiger charge is 2.23. The zero-order valence-electron chi connectivity index (χ0n) is 13.9. The predicted molar refractivity (Wildman–Crippen MR) is 105 cm³/mol. The summed E-state index contributed by atoms with van der Waals surface area (Å²) in [5, 5.41) is 3.43. The Balaban J connectivity index is 1.79. The van der Waals surface area contributed by atoms with E-state index in [1.54, 1.807) is 31.8 Å². The number of amides is 1. The zero-order valence-corrected chi connectivity index (χ0v) is 15.5. The number of methoxy groups -OCH3 is 1. The highest BCUT2D eigenvalue weighted by molar-refractivity contribution is 8.26. The number of rotatable bonds is 3. The summed E-state index contributed by atoms with van der Waals surface area (Å²) in [5.74, 6) is 0.933. The number of aryl methyl sites for hydroxylation is 1. The third-order valence-corrected chi connectivity index (χ3v) is 5.05. The number of nitrogens with zero attached hydrogens (tertiary/aromatic N) is 2. The van der Waals surface area contributed by atoms with Crippen LogP contribution in [0.1, 0.15) is 11.3 Å². The highest BCUT2D eigenvalue weighted by atomic mass is 32.2. The number of furan rings is 1. The molecule has 130 valence electrons. The molecule has 26 heavy (non-hydrogen) atoms. The van der Waals surface area contributed by atoms with Crippen molar-refractivity contribution in [2.75, 3.05) is 7.11 Å². The molecule has 0 atom stereocenters. The first-order chi connectivity index (χ1) is 12.5. The number of thioether (sulfide) groups is 1. The predicted octanol–water partition coefficient (Wildman–Crippen LogP) is 3.70. The maximum atomic E-state index is 11.8. The van der Waals surface area contributed by atoms with E-state index in [0.29, 0.717) is 26.4 Å². The molecule has 1 amide bonds. The fourth-order valence-corrected chi connectivity index (χ4v) is 3.76. The summed E-state index contributed by atoms with van der Waals surface area (Å²) in [5.41, 5.74) is 3.31. The first-order valence-electron chi connectivity index (χ1n) is 7.68. The molecule has 0 unspecified atom stereocenters. The van der Waals surface area contributed by atoms with Crippen LogP contribution in [0.3, 0.4) is 0 Å². The van der Waals surface area contributed by atoms with Gasteiger partial charge in [0.1, 0.15) is 15.7 Å². The van der Waals surface area contributed by atoms with Crippen molar-refractivity contribution in [1.29, 1.82) is 0 Å². The van der Waals surface area contributed by atoms with E-state index in [4.69, 9.17) is 21.4 Å². The lowest BCUT2D eigenvalue weighted by molar-refractivity contribution is -0.115. The highest BCUT2D eigenvalue weighted by Crippen LogP contribution is 2.33. The number of aromatic nitrogens is 2. The molecule has 8 heteroatoms. The van der Waals surface area contributed by atoms with E-state index in [0.717, 1.165) is 22.1 Å². The maximum absolute atomic E-state index is 11.8. The fourth-order valence-electron chi connectivity index (χ4n) is 2.73. The largest absolute Gasteiger partial charge is 0.481 e. The smallest absolute Gasteiger partial charge is 0.263 e. The summed E-state index contributed by atoms with van der Waals surface area (Å²) in [6.45, 7) is 1.93. The average Bonchev–Trinajstić information content (AvgIpc) is 3.16. The number of carbonyl (C=O) groups excluding carboxylic acids is 1. The molecule has 4 rings (SSSR count). The average molecular weight is 383 g/mol. The molecular weight excluding hydrogens is 370 g/mol. The van der Waals surface area contributed by atoms with Crippen molar-refractivity contribution in [3.05, 3.63) is 47.0 Å². The van der Waals surface area contributed by atoms with Crippen molar-refractivity contribution >= 4 is 51.3 Å². The summed E-state index contributed by atoms with van der Waals surface area (Å²) in [4.78, 5) is 20.9. The minimum Gasteiger partial charge on any atom is -0.481 e. The van der Waals surface area contributed by atoms with E-state index in [1.807, 2.05) is 19.1 Å². The van der Waals surface area contributed by atoms with Crippen LogP contribution >= 0.6 is 24.0 Å². The Hall–Kier alpha value is -2.71.